The zero-order chi connectivity index (χ0) is 13.8. The molecule has 0 spiro atoms. The van der Waals surface area contributed by atoms with Crippen molar-refractivity contribution in [1.29, 1.82) is 0 Å². The predicted octanol–water partition coefficient (Wildman–Crippen LogP) is 2.12. The Labute approximate surface area is 110 Å². The smallest absolute Gasteiger partial charge is 0.223 e. The third kappa shape index (κ3) is 3.57. The molecule has 0 atom stereocenters. The van der Waals surface area contributed by atoms with Gasteiger partial charge in [0.2, 0.25) is 5.91 Å². The summed E-state index contributed by atoms with van der Waals surface area (Å²) in [6.45, 7) is 6.52. The van der Waals surface area contributed by atoms with Gasteiger partial charge < -0.3 is 10.6 Å². The Morgan fingerprint density at radius 2 is 1.94 bits per heavy atom. The van der Waals surface area contributed by atoms with E-state index in [-0.39, 0.29) is 11.4 Å². The number of hydrogen-bond acceptors (Lipinski definition) is 2. The maximum Gasteiger partial charge on any atom is 0.223 e. The quantitative estimate of drug-likeness (QED) is 0.867. The normalized spacial score (nSPS) is 11.4. The summed E-state index contributed by atoms with van der Waals surface area (Å²) < 4.78 is 0. The summed E-state index contributed by atoms with van der Waals surface area (Å²) in [6.07, 6.45) is 1.32. The Balaban J connectivity index is 2.59. The van der Waals surface area contributed by atoms with E-state index in [1.807, 2.05) is 33.0 Å². The van der Waals surface area contributed by atoms with Crippen LogP contribution >= 0.6 is 0 Å². The number of nitrogens with two attached hydrogens (primary N) is 1. The van der Waals surface area contributed by atoms with Crippen LogP contribution in [0.1, 0.15) is 31.4 Å². The second kappa shape index (κ2) is 6.01. The van der Waals surface area contributed by atoms with Crippen molar-refractivity contribution < 1.29 is 4.79 Å². The minimum absolute atomic E-state index is 0.147. The first-order chi connectivity index (χ1) is 8.38. The third-order valence-electron chi connectivity index (χ3n) is 3.65. The molecule has 0 aliphatic carbocycles. The highest BCUT2D eigenvalue weighted by atomic mass is 16.2. The Morgan fingerprint density at radius 3 is 2.50 bits per heavy atom. The molecule has 0 saturated heterocycles. The second-order valence-electron chi connectivity index (χ2n) is 5.40. The number of nitrogens with zero attached hydrogens (tertiary/aromatic N) is 1. The van der Waals surface area contributed by atoms with Gasteiger partial charge in [-0.05, 0) is 38.3 Å². The van der Waals surface area contributed by atoms with Crippen molar-refractivity contribution in [3.63, 3.8) is 0 Å². The van der Waals surface area contributed by atoms with Crippen molar-refractivity contribution >= 4 is 5.91 Å². The van der Waals surface area contributed by atoms with Crippen molar-refractivity contribution in [3.05, 3.63) is 35.4 Å². The van der Waals surface area contributed by atoms with Crippen LogP contribution in [0.5, 0.6) is 0 Å². The summed E-state index contributed by atoms with van der Waals surface area (Å²) in [6, 6.07) is 8.19. The molecule has 100 valence electrons. The van der Waals surface area contributed by atoms with E-state index in [4.69, 9.17) is 5.73 Å². The van der Waals surface area contributed by atoms with Crippen LogP contribution in [0.2, 0.25) is 0 Å². The van der Waals surface area contributed by atoms with Crippen molar-refractivity contribution in [2.24, 2.45) is 5.73 Å². The number of amides is 1. The van der Waals surface area contributed by atoms with E-state index < -0.39 is 0 Å². The second-order valence-corrected chi connectivity index (χ2v) is 5.40. The van der Waals surface area contributed by atoms with Gasteiger partial charge in [-0.3, -0.25) is 4.79 Å². The molecule has 1 amide bonds. The van der Waals surface area contributed by atoms with E-state index in [1.54, 1.807) is 4.90 Å². The SMILES string of the molecule is Cc1ccccc1CCC(=O)N(C)C(C)(C)CN. The lowest BCUT2D eigenvalue weighted by Crippen LogP contribution is -2.50. The van der Waals surface area contributed by atoms with Crippen molar-refractivity contribution in [2.75, 3.05) is 13.6 Å². The van der Waals surface area contributed by atoms with Crippen molar-refractivity contribution in [2.45, 2.75) is 39.2 Å². The summed E-state index contributed by atoms with van der Waals surface area (Å²) in [5, 5.41) is 0. The molecule has 0 heterocycles. The van der Waals surface area contributed by atoms with Gasteiger partial charge in [-0.2, -0.15) is 0 Å². The van der Waals surface area contributed by atoms with Gasteiger partial charge in [-0.25, -0.2) is 0 Å². The lowest BCUT2D eigenvalue weighted by Gasteiger charge is -2.34. The molecule has 0 radical (unpaired) electrons. The number of benzene rings is 1. The molecule has 3 heteroatoms. The number of hydrogen-bond donors (Lipinski definition) is 1. The number of carbonyl (C=O) groups is 1. The zero-order valence-corrected chi connectivity index (χ0v) is 11.9. The lowest BCUT2D eigenvalue weighted by molar-refractivity contribution is -0.134. The number of carbonyl (C=O) groups excluding carboxylic acids is 1. The molecule has 0 fully saturated rings. The van der Waals surface area contributed by atoms with Gasteiger partial charge in [0, 0.05) is 25.6 Å². The van der Waals surface area contributed by atoms with Gasteiger partial charge in [0.1, 0.15) is 0 Å². The molecule has 0 saturated carbocycles. The van der Waals surface area contributed by atoms with E-state index in [2.05, 4.69) is 19.1 Å². The molecule has 0 bridgehead atoms. The van der Waals surface area contributed by atoms with Gasteiger partial charge in [-0.1, -0.05) is 24.3 Å². The maximum absolute atomic E-state index is 12.1. The summed E-state index contributed by atoms with van der Waals surface area (Å²) in [5.74, 6) is 0.147. The molecule has 18 heavy (non-hydrogen) atoms. The average Bonchev–Trinajstić information content (AvgIpc) is 2.36. The van der Waals surface area contributed by atoms with Gasteiger partial charge in [-0.15, -0.1) is 0 Å². The topological polar surface area (TPSA) is 46.3 Å². The molecule has 1 aromatic carbocycles. The Hall–Kier alpha value is -1.35. The zero-order valence-electron chi connectivity index (χ0n) is 11.9. The van der Waals surface area contributed by atoms with E-state index >= 15 is 0 Å². The molecule has 3 nitrogen and oxygen atoms in total. The summed E-state index contributed by atoms with van der Waals surface area (Å²) in [5.41, 5.74) is 7.89. The highest BCUT2D eigenvalue weighted by Gasteiger charge is 2.25. The molecule has 0 aromatic heterocycles. The van der Waals surface area contributed by atoms with Crippen LogP contribution in [0, 0.1) is 6.92 Å². The van der Waals surface area contributed by atoms with E-state index in [0.717, 1.165) is 6.42 Å². The number of likely N-dealkylation sites (N-methyl/N-ethyl adjacent to an activating group) is 1. The third-order valence-corrected chi connectivity index (χ3v) is 3.65. The Kier molecular flexibility index (Phi) is 4.91. The molecule has 1 rings (SSSR count). The standard InChI is InChI=1S/C15H24N2O/c1-12-7-5-6-8-13(12)9-10-14(18)17(4)15(2,3)11-16/h5-8H,9-11,16H2,1-4H3. The predicted molar refractivity (Wildman–Crippen MR) is 75.4 cm³/mol. The van der Waals surface area contributed by atoms with E-state index in [9.17, 15) is 4.79 Å². The van der Waals surface area contributed by atoms with Gasteiger partial charge >= 0.3 is 0 Å². The molecule has 0 aliphatic rings. The molecule has 2 N–H and O–H groups in total. The summed E-state index contributed by atoms with van der Waals surface area (Å²) in [4.78, 5) is 13.9. The van der Waals surface area contributed by atoms with Crippen molar-refractivity contribution in [3.8, 4) is 0 Å². The largest absolute Gasteiger partial charge is 0.339 e. The van der Waals surface area contributed by atoms with Crippen LogP contribution in [-0.4, -0.2) is 29.9 Å². The Morgan fingerprint density at radius 1 is 1.33 bits per heavy atom. The average molecular weight is 248 g/mol. The first kappa shape index (κ1) is 14.7. The van der Waals surface area contributed by atoms with Crippen LogP contribution < -0.4 is 5.73 Å². The van der Waals surface area contributed by atoms with Gasteiger partial charge in [0.05, 0.1) is 0 Å². The van der Waals surface area contributed by atoms with Crippen LogP contribution in [0.3, 0.4) is 0 Å². The minimum atomic E-state index is -0.275. The maximum atomic E-state index is 12.1. The monoisotopic (exact) mass is 248 g/mol. The Bertz CT molecular complexity index is 413. The van der Waals surface area contributed by atoms with Crippen LogP contribution in [0.4, 0.5) is 0 Å². The van der Waals surface area contributed by atoms with Crippen LogP contribution in [0.25, 0.3) is 0 Å². The van der Waals surface area contributed by atoms with E-state index in [1.165, 1.54) is 11.1 Å². The minimum Gasteiger partial charge on any atom is -0.339 e. The first-order valence-electron chi connectivity index (χ1n) is 6.39. The molecule has 0 unspecified atom stereocenters. The fourth-order valence-electron chi connectivity index (χ4n) is 1.77. The highest BCUT2D eigenvalue weighted by molar-refractivity contribution is 5.77. The fourth-order valence-corrected chi connectivity index (χ4v) is 1.77. The number of rotatable bonds is 5. The fraction of sp³-hybridized carbons (Fsp3) is 0.533. The summed E-state index contributed by atoms with van der Waals surface area (Å²) in [7, 11) is 1.83. The first-order valence-corrected chi connectivity index (χ1v) is 6.39. The van der Waals surface area contributed by atoms with Crippen LogP contribution in [-0.2, 0) is 11.2 Å². The van der Waals surface area contributed by atoms with Crippen molar-refractivity contribution in [1.82, 2.24) is 4.90 Å². The van der Waals surface area contributed by atoms with Gasteiger partial charge in [0.25, 0.3) is 0 Å². The summed E-state index contributed by atoms with van der Waals surface area (Å²) >= 11 is 0. The van der Waals surface area contributed by atoms with Crippen LogP contribution in [0.15, 0.2) is 24.3 Å². The molecular formula is C15H24N2O. The molecule has 0 aliphatic heterocycles. The van der Waals surface area contributed by atoms with Gasteiger partial charge in [0.15, 0.2) is 0 Å². The highest BCUT2D eigenvalue weighted by Crippen LogP contribution is 2.14. The number of aryl methyl sites for hydroxylation is 2. The molecule has 1 aromatic rings. The van der Waals surface area contributed by atoms with E-state index in [0.29, 0.717) is 13.0 Å². The lowest BCUT2D eigenvalue weighted by atomic mass is 10.0. The molecular weight excluding hydrogens is 224 g/mol.